The molecule has 0 saturated carbocycles. The Hall–Kier alpha value is 0.230. The van der Waals surface area contributed by atoms with Crippen molar-refractivity contribution in [1.29, 1.82) is 0 Å². The summed E-state index contributed by atoms with van der Waals surface area (Å²) in [4.78, 5) is 0. The molecular weight excluding hydrogens is 186 g/mol. The zero-order chi connectivity index (χ0) is 9.31. The van der Waals surface area contributed by atoms with Crippen LogP contribution in [0.3, 0.4) is 0 Å². The summed E-state index contributed by atoms with van der Waals surface area (Å²) >= 11 is 1.99. The molecule has 0 unspecified atom stereocenters. The number of ether oxygens (including phenoxy) is 2. The molecule has 3 nitrogen and oxygen atoms in total. The van der Waals surface area contributed by atoms with Crippen LogP contribution in [0.15, 0.2) is 0 Å². The molecule has 0 aromatic heterocycles. The third-order valence-electron chi connectivity index (χ3n) is 2.37. The van der Waals surface area contributed by atoms with Crippen LogP contribution in [0.25, 0.3) is 0 Å². The summed E-state index contributed by atoms with van der Waals surface area (Å²) in [7, 11) is 0. The summed E-state index contributed by atoms with van der Waals surface area (Å²) in [6.07, 6.45) is 0. The molecule has 2 rings (SSSR count). The minimum Gasteiger partial charge on any atom is -0.349 e. The fraction of sp³-hybridized carbons (Fsp3) is 1.00. The lowest BCUT2D eigenvalue weighted by Gasteiger charge is -2.38. The van der Waals surface area contributed by atoms with Crippen molar-refractivity contribution in [3.05, 3.63) is 0 Å². The van der Waals surface area contributed by atoms with E-state index in [0.717, 1.165) is 13.2 Å². The molecule has 2 heterocycles. The molecule has 2 aliphatic heterocycles. The second-order valence-corrected chi connectivity index (χ2v) is 5.19. The van der Waals surface area contributed by atoms with Gasteiger partial charge in [-0.25, -0.2) is 0 Å². The van der Waals surface area contributed by atoms with Gasteiger partial charge < -0.3 is 14.8 Å². The van der Waals surface area contributed by atoms with Crippen molar-refractivity contribution in [1.82, 2.24) is 5.32 Å². The summed E-state index contributed by atoms with van der Waals surface area (Å²) in [5.41, 5.74) is 0. The maximum absolute atomic E-state index is 5.56. The van der Waals surface area contributed by atoms with E-state index >= 15 is 0 Å². The van der Waals surface area contributed by atoms with Crippen molar-refractivity contribution in [3.63, 3.8) is 0 Å². The van der Waals surface area contributed by atoms with Gasteiger partial charge in [0, 0.05) is 17.5 Å². The van der Waals surface area contributed by atoms with E-state index in [2.05, 4.69) is 5.32 Å². The Morgan fingerprint density at radius 1 is 1.15 bits per heavy atom. The zero-order valence-electron chi connectivity index (χ0n) is 8.21. The molecule has 4 heteroatoms. The van der Waals surface area contributed by atoms with Crippen molar-refractivity contribution in [2.24, 2.45) is 0 Å². The van der Waals surface area contributed by atoms with Gasteiger partial charge in [0.25, 0.3) is 0 Å². The van der Waals surface area contributed by atoms with Crippen LogP contribution in [0.5, 0.6) is 0 Å². The molecule has 0 radical (unpaired) electrons. The van der Waals surface area contributed by atoms with Gasteiger partial charge in [0.05, 0.1) is 19.3 Å². The van der Waals surface area contributed by atoms with Crippen LogP contribution in [-0.4, -0.2) is 42.6 Å². The number of rotatable bonds is 2. The van der Waals surface area contributed by atoms with Crippen molar-refractivity contribution in [2.45, 2.75) is 31.7 Å². The Kier molecular flexibility index (Phi) is 2.83. The Bertz CT molecular complexity index is 172. The minimum atomic E-state index is -0.382. The second kappa shape index (κ2) is 3.77. The Morgan fingerprint density at radius 3 is 2.23 bits per heavy atom. The summed E-state index contributed by atoms with van der Waals surface area (Å²) in [5.74, 6) is 2.09. The summed E-state index contributed by atoms with van der Waals surface area (Å²) < 4.78 is 11.1. The molecule has 0 spiro atoms. The maximum atomic E-state index is 5.56. The van der Waals surface area contributed by atoms with Crippen LogP contribution in [0.2, 0.25) is 0 Å². The first-order chi connectivity index (χ1) is 6.16. The third kappa shape index (κ3) is 2.59. The average molecular weight is 203 g/mol. The lowest BCUT2D eigenvalue weighted by Crippen LogP contribution is -2.54. The standard InChI is InChI=1S/C9H17NO2S/c1-9(2)11-3-7(4-12-9)10-8-5-13-6-8/h7-8,10H,3-6H2,1-2H3. The molecule has 2 saturated heterocycles. The Morgan fingerprint density at radius 2 is 1.77 bits per heavy atom. The molecule has 13 heavy (non-hydrogen) atoms. The van der Waals surface area contributed by atoms with E-state index < -0.39 is 0 Å². The number of hydrogen-bond donors (Lipinski definition) is 1. The molecule has 76 valence electrons. The van der Waals surface area contributed by atoms with Gasteiger partial charge in [-0.3, -0.25) is 0 Å². The van der Waals surface area contributed by atoms with Gasteiger partial charge in [0.1, 0.15) is 0 Å². The first-order valence-corrected chi connectivity index (χ1v) is 5.93. The molecular formula is C9H17NO2S. The van der Waals surface area contributed by atoms with Gasteiger partial charge in [-0.2, -0.15) is 11.8 Å². The molecule has 0 atom stereocenters. The largest absolute Gasteiger partial charge is 0.349 e. The molecule has 0 bridgehead atoms. The number of nitrogens with one attached hydrogen (secondary N) is 1. The smallest absolute Gasteiger partial charge is 0.162 e. The fourth-order valence-electron chi connectivity index (χ4n) is 1.45. The summed E-state index contributed by atoms with van der Waals surface area (Å²) in [6.45, 7) is 5.47. The molecule has 0 aromatic carbocycles. The maximum Gasteiger partial charge on any atom is 0.162 e. The van der Waals surface area contributed by atoms with E-state index in [9.17, 15) is 0 Å². The first kappa shape index (κ1) is 9.77. The van der Waals surface area contributed by atoms with E-state index in [1.165, 1.54) is 11.5 Å². The SMILES string of the molecule is CC1(C)OCC(NC2CSC2)CO1. The Balaban J connectivity index is 1.71. The van der Waals surface area contributed by atoms with Gasteiger partial charge in [-0.1, -0.05) is 0 Å². The lowest BCUT2D eigenvalue weighted by atomic mass is 10.2. The topological polar surface area (TPSA) is 30.5 Å². The van der Waals surface area contributed by atoms with Crippen LogP contribution in [0, 0.1) is 0 Å². The van der Waals surface area contributed by atoms with Crippen LogP contribution >= 0.6 is 11.8 Å². The van der Waals surface area contributed by atoms with Crippen molar-refractivity contribution in [3.8, 4) is 0 Å². The molecule has 1 N–H and O–H groups in total. The van der Waals surface area contributed by atoms with Gasteiger partial charge in [0.15, 0.2) is 5.79 Å². The molecule has 2 fully saturated rings. The normalized spacial score (nSPS) is 30.0. The molecule has 0 aliphatic carbocycles. The minimum absolute atomic E-state index is 0.382. The first-order valence-electron chi connectivity index (χ1n) is 4.77. The lowest BCUT2D eigenvalue weighted by molar-refractivity contribution is -0.253. The van der Waals surface area contributed by atoms with Gasteiger partial charge in [0.2, 0.25) is 0 Å². The van der Waals surface area contributed by atoms with E-state index in [0.29, 0.717) is 12.1 Å². The predicted octanol–water partition coefficient (Wildman–Crippen LogP) is 0.843. The van der Waals surface area contributed by atoms with E-state index in [-0.39, 0.29) is 5.79 Å². The molecule has 2 aliphatic rings. The van der Waals surface area contributed by atoms with Crippen LogP contribution in [-0.2, 0) is 9.47 Å². The van der Waals surface area contributed by atoms with Crippen LogP contribution < -0.4 is 5.32 Å². The number of hydrogen-bond acceptors (Lipinski definition) is 4. The third-order valence-corrected chi connectivity index (χ3v) is 3.65. The monoisotopic (exact) mass is 203 g/mol. The van der Waals surface area contributed by atoms with E-state index in [4.69, 9.17) is 9.47 Å². The zero-order valence-corrected chi connectivity index (χ0v) is 9.02. The van der Waals surface area contributed by atoms with E-state index in [1.54, 1.807) is 0 Å². The number of thioether (sulfide) groups is 1. The average Bonchev–Trinajstić information content (AvgIpc) is 1.99. The fourth-order valence-corrected chi connectivity index (χ4v) is 2.12. The van der Waals surface area contributed by atoms with Gasteiger partial charge >= 0.3 is 0 Å². The van der Waals surface area contributed by atoms with Gasteiger partial charge in [-0.05, 0) is 13.8 Å². The van der Waals surface area contributed by atoms with Gasteiger partial charge in [-0.15, -0.1) is 0 Å². The van der Waals surface area contributed by atoms with E-state index in [1.807, 2.05) is 25.6 Å². The highest BCUT2D eigenvalue weighted by Crippen LogP contribution is 2.21. The van der Waals surface area contributed by atoms with Crippen molar-refractivity contribution >= 4 is 11.8 Å². The summed E-state index contributed by atoms with van der Waals surface area (Å²) in [5, 5.41) is 3.52. The molecule has 0 aromatic rings. The predicted molar refractivity (Wildman–Crippen MR) is 54.0 cm³/mol. The Labute approximate surface area is 83.5 Å². The summed E-state index contributed by atoms with van der Waals surface area (Å²) in [6, 6.07) is 1.07. The van der Waals surface area contributed by atoms with Crippen LogP contribution in [0.1, 0.15) is 13.8 Å². The highest BCUT2D eigenvalue weighted by Gasteiger charge is 2.30. The quantitative estimate of drug-likeness (QED) is 0.720. The molecule has 0 amide bonds. The van der Waals surface area contributed by atoms with Crippen LogP contribution in [0.4, 0.5) is 0 Å². The van der Waals surface area contributed by atoms with Crippen molar-refractivity contribution in [2.75, 3.05) is 24.7 Å². The second-order valence-electron chi connectivity index (χ2n) is 4.12. The highest BCUT2D eigenvalue weighted by atomic mass is 32.2. The van der Waals surface area contributed by atoms with Crippen molar-refractivity contribution < 1.29 is 9.47 Å². The highest BCUT2D eigenvalue weighted by molar-refractivity contribution is 8.00.